The molecule has 3 aromatic rings. The Kier molecular flexibility index (Phi) is 7.56. The van der Waals surface area contributed by atoms with Gasteiger partial charge in [0.05, 0.1) is 6.61 Å². The molecule has 0 unspecified atom stereocenters. The second-order valence-corrected chi connectivity index (χ2v) is 6.79. The maximum Gasteiger partial charge on any atom is 0.267 e. The first-order valence-electron chi connectivity index (χ1n) is 9.87. The van der Waals surface area contributed by atoms with Gasteiger partial charge in [0, 0.05) is 12.1 Å². The van der Waals surface area contributed by atoms with Gasteiger partial charge in [0.2, 0.25) is 0 Å². The monoisotopic (exact) mass is 416 g/mol. The van der Waals surface area contributed by atoms with E-state index in [4.69, 9.17) is 9.84 Å². The minimum Gasteiger partial charge on any atom is -0.457 e. The van der Waals surface area contributed by atoms with Gasteiger partial charge in [-0.15, -0.1) is 0 Å². The van der Waals surface area contributed by atoms with Crippen LogP contribution in [-0.4, -0.2) is 30.1 Å². The van der Waals surface area contributed by atoms with E-state index in [1.165, 1.54) is 0 Å². The van der Waals surface area contributed by atoms with Crippen LogP contribution in [0.25, 0.3) is 6.08 Å². The van der Waals surface area contributed by atoms with Crippen LogP contribution in [0.5, 0.6) is 11.5 Å². The highest BCUT2D eigenvalue weighted by molar-refractivity contribution is 6.05. The minimum atomic E-state index is -0.487. The van der Waals surface area contributed by atoms with E-state index >= 15 is 0 Å². The molecule has 31 heavy (non-hydrogen) atoms. The lowest BCUT2D eigenvalue weighted by atomic mass is 10.1. The number of para-hydroxylation sites is 1. The Bertz CT molecular complexity index is 1060. The van der Waals surface area contributed by atoms with E-state index in [0.717, 1.165) is 11.3 Å². The third-order valence-corrected chi connectivity index (χ3v) is 4.44. The van der Waals surface area contributed by atoms with Gasteiger partial charge in [-0.1, -0.05) is 48.5 Å². The van der Waals surface area contributed by atoms with E-state index in [2.05, 4.69) is 10.6 Å². The van der Waals surface area contributed by atoms with Crippen molar-refractivity contribution in [3.8, 4) is 11.5 Å². The van der Waals surface area contributed by atoms with Crippen LogP contribution in [-0.2, 0) is 4.79 Å². The molecule has 0 aliphatic rings. The molecule has 158 valence electrons. The van der Waals surface area contributed by atoms with Crippen molar-refractivity contribution in [3.63, 3.8) is 0 Å². The number of rotatable bonds is 8. The molecular weight excluding hydrogens is 392 g/mol. The minimum absolute atomic E-state index is 0.0786. The standard InChI is InChI=1S/C25H24N2O4/c1-18-7-5-6-10-23(18)31-21-13-11-19(12-14-21)17-22(25(30)26-15-16-28)27-24(29)20-8-3-2-4-9-20/h2-14,17,28H,15-16H2,1H3,(H,26,30)(H,27,29)/b22-17-. The number of aliphatic hydroxyl groups excluding tert-OH is 1. The molecule has 0 heterocycles. The number of hydrogen-bond acceptors (Lipinski definition) is 4. The third kappa shape index (κ3) is 6.29. The SMILES string of the molecule is Cc1ccccc1Oc1ccc(/C=C(\NC(=O)c2ccccc2)C(=O)NCCO)cc1. The number of benzene rings is 3. The highest BCUT2D eigenvalue weighted by Crippen LogP contribution is 2.25. The Morgan fingerprint density at radius 3 is 2.29 bits per heavy atom. The van der Waals surface area contributed by atoms with Crippen LogP contribution in [0.1, 0.15) is 21.5 Å². The summed E-state index contributed by atoms with van der Waals surface area (Å²) in [6, 6.07) is 23.5. The molecular formula is C25H24N2O4. The highest BCUT2D eigenvalue weighted by atomic mass is 16.5. The molecule has 2 amide bonds. The number of amides is 2. The zero-order valence-corrected chi connectivity index (χ0v) is 17.2. The largest absolute Gasteiger partial charge is 0.457 e. The van der Waals surface area contributed by atoms with Crippen LogP contribution in [0.15, 0.2) is 84.6 Å². The first-order chi connectivity index (χ1) is 15.1. The Hall–Kier alpha value is -3.90. The van der Waals surface area contributed by atoms with Gasteiger partial charge < -0.3 is 20.5 Å². The number of aryl methyl sites for hydroxylation is 1. The summed E-state index contributed by atoms with van der Waals surface area (Å²) in [6.07, 6.45) is 1.57. The second-order valence-electron chi connectivity index (χ2n) is 6.79. The fourth-order valence-electron chi connectivity index (χ4n) is 2.80. The van der Waals surface area contributed by atoms with Crippen LogP contribution < -0.4 is 15.4 Å². The quantitative estimate of drug-likeness (QED) is 0.489. The van der Waals surface area contributed by atoms with Crippen molar-refractivity contribution < 1.29 is 19.4 Å². The molecule has 0 radical (unpaired) electrons. The molecule has 3 aromatic carbocycles. The van der Waals surface area contributed by atoms with Gasteiger partial charge in [0.15, 0.2) is 0 Å². The van der Waals surface area contributed by atoms with Crippen molar-refractivity contribution in [2.45, 2.75) is 6.92 Å². The van der Waals surface area contributed by atoms with Gasteiger partial charge in [-0.25, -0.2) is 0 Å². The summed E-state index contributed by atoms with van der Waals surface area (Å²) in [7, 11) is 0. The molecule has 0 saturated carbocycles. The van der Waals surface area contributed by atoms with Gasteiger partial charge in [-0.2, -0.15) is 0 Å². The van der Waals surface area contributed by atoms with Crippen molar-refractivity contribution in [2.75, 3.05) is 13.2 Å². The fraction of sp³-hybridized carbons (Fsp3) is 0.120. The number of carbonyl (C=O) groups excluding carboxylic acids is 2. The molecule has 0 aromatic heterocycles. The highest BCUT2D eigenvalue weighted by Gasteiger charge is 2.14. The lowest BCUT2D eigenvalue weighted by molar-refractivity contribution is -0.117. The van der Waals surface area contributed by atoms with E-state index in [0.29, 0.717) is 16.9 Å². The molecule has 3 N–H and O–H groups in total. The molecule has 0 atom stereocenters. The van der Waals surface area contributed by atoms with E-state index in [1.807, 2.05) is 37.3 Å². The molecule has 0 fully saturated rings. The predicted molar refractivity (Wildman–Crippen MR) is 120 cm³/mol. The second kappa shape index (κ2) is 10.8. The van der Waals surface area contributed by atoms with Crippen LogP contribution in [0.2, 0.25) is 0 Å². The molecule has 6 nitrogen and oxygen atoms in total. The Balaban J connectivity index is 1.79. The first kappa shape index (κ1) is 21.8. The summed E-state index contributed by atoms with van der Waals surface area (Å²) in [4.78, 5) is 25.0. The first-order valence-corrected chi connectivity index (χ1v) is 9.87. The van der Waals surface area contributed by atoms with Crippen LogP contribution in [0.4, 0.5) is 0 Å². The number of hydrogen-bond donors (Lipinski definition) is 3. The Morgan fingerprint density at radius 2 is 1.61 bits per heavy atom. The Labute approximate surface area is 181 Å². The summed E-state index contributed by atoms with van der Waals surface area (Å²) in [5.74, 6) is 0.542. The maximum absolute atomic E-state index is 12.5. The fourth-order valence-corrected chi connectivity index (χ4v) is 2.80. The normalized spacial score (nSPS) is 11.0. The van der Waals surface area contributed by atoms with Gasteiger partial charge in [0.25, 0.3) is 11.8 Å². The zero-order valence-electron chi connectivity index (χ0n) is 17.2. The zero-order chi connectivity index (χ0) is 22.1. The lowest BCUT2D eigenvalue weighted by Crippen LogP contribution is -2.36. The van der Waals surface area contributed by atoms with Gasteiger partial charge in [-0.05, 0) is 54.5 Å². The average molecular weight is 416 g/mol. The summed E-state index contributed by atoms with van der Waals surface area (Å²) in [5.41, 5.74) is 2.25. The molecule has 3 rings (SSSR count). The summed E-state index contributed by atoms with van der Waals surface area (Å²) in [6.45, 7) is 1.86. The Morgan fingerprint density at radius 1 is 0.935 bits per heavy atom. The summed E-state index contributed by atoms with van der Waals surface area (Å²) >= 11 is 0. The van der Waals surface area contributed by atoms with E-state index < -0.39 is 11.8 Å². The van der Waals surface area contributed by atoms with Crippen molar-refractivity contribution >= 4 is 17.9 Å². The van der Waals surface area contributed by atoms with E-state index in [-0.39, 0.29) is 18.8 Å². The number of aliphatic hydroxyl groups is 1. The summed E-state index contributed by atoms with van der Waals surface area (Å²) in [5, 5.41) is 14.2. The van der Waals surface area contributed by atoms with Gasteiger partial charge in [-0.3, -0.25) is 9.59 Å². The number of nitrogens with one attached hydrogen (secondary N) is 2. The summed E-state index contributed by atoms with van der Waals surface area (Å²) < 4.78 is 5.89. The van der Waals surface area contributed by atoms with Gasteiger partial charge in [0.1, 0.15) is 17.2 Å². The smallest absolute Gasteiger partial charge is 0.267 e. The molecule has 0 bridgehead atoms. The molecule has 0 spiro atoms. The van der Waals surface area contributed by atoms with E-state index in [9.17, 15) is 9.59 Å². The van der Waals surface area contributed by atoms with Crippen LogP contribution in [0.3, 0.4) is 0 Å². The van der Waals surface area contributed by atoms with Crippen molar-refractivity contribution in [2.24, 2.45) is 0 Å². The molecule has 0 saturated heterocycles. The van der Waals surface area contributed by atoms with Crippen molar-refractivity contribution in [1.82, 2.24) is 10.6 Å². The van der Waals surface area contributed by atoms with Gasteiger partial charge >= 0.3 is 0 Å². The third-order valence-electron chi connectivity index (χ3n) is 4.44. The van der Waals surface area contributed by atoms with Crippen LogP contribution in [0, 0.1) is 6.92 Å². The molecule has 0 aliphatic carbocycles. The molecule has 6 heteroatoms. The number of carbonyl (C=O) groups is 2. The predicted octanol–water partition coefficient (Wildman–Crippen LogP) is 3.67. The average Bonchev–Trinajstić information content (AvgIpc) is 2.80. The van der Waals surface area contributed by atoms with Crippen molar-refractivity contribution in [3.05, 3.63) is 101 Å². The maximum atomic E-state index is 12.5. The van der Waals surface area contributed by atoms with Crippen molar-refractivity contribution in [1.29, 1.82) is 0 Å². The van der Waals surface area contributed by atoms with Crippen LogP contribution >= 0.6 is 0 Å². The lowest BCUT2D eigenvalue weighted by Gasteiger charge is -2.11. The topological polar surface area (TPSA) is 87.7 Å². The van der Waals surface area contributed by atoms with E-state index in [1.54, 1.807) is 54.6 Å². The number of ether oxygens (including phenoxy) is 1. The molecule has 0 aliphatic heterocycles.